The van der Waals surface area contributed by atoms with Crippen LogP contribution < -0.4 is 5.32 Å². The van der Waals surface area contributed by atoms with Gasteiger partial charge >= 0.3 is 5.97 Å². The van der Waals surface area contributed by atoms with Crippen molar-refractivity contribution in [2.24, 2.45) is 5.92 Å². The number of amides is 2. The minimum absolute atomic E-state index is 0.0270. The number of likely N-dealkylation sites (tertiary alicyclic amines) is 1. The molecule has 1 fully saturated rings. The van der Waals surface area contributed by atoms with Gasteiger partial charge in [-0.05, 0) is 57.2 Å². The number of nitrogens with one attached hydrogen (secondary N) is 1. The number of hydrogen-bond acceptors (Lipinski definition) is 3. The molecule has 2 amide bonds. The number of benzene rings is 1. The standard InChI is InChI=1S/C21H29ClN2O4/c1-4-16(21(27)28)18(14-8-10-15(22)11-9-14)20(26)24-12-6-5-7-17(24)19(25)23-13(2)3/h8-11,13,16-18H,4-7,12H2,1-3H3,(H,23,25)(H,27,28)/t16-,17-,18+/m0/s1. The molecule has 0 radical (unpaired) electrons. The van der Waals surface area contributed by atoms with Gasteiger partial charge in [-0.25, -0.2) is 0 Å². The fourth-order valence-electron chi connectivity index (χ4n) is 3.80. The van der Waals surface area contributed by atoms with Gasteiger partial charge in [0.15, 0.2) is 0 Å². The van der Waals surface area contributed by atoms with Gasteiger partial charge in [0.05, 0.1) is 11.8 Å². The molecule has 1 aliphatic heterocycles. The quantitative estimate of drug-likeness (QED) is 0.723. The van der Waals surface area contributed by atoms with Crippen molar-refractivity contribution in [3.05, 3.63) is 34.9 Å². The second-order valence-electron chi connectivity index (χ2n) is 7.59. The van der Waals surface area contributed by atoms with Crippen LogP contribution in [0.15, 0.2) is 24.3 Å². The monoisotopic (exact) mass is 408 g/mol. The van der Waals surface area contributed by atoms with E-state index in [1.54, 1.807) is 36.1 Å². The topological polar surface area (TPSA) is 86.7 Å². The summed E-state index contributed by atoms with van der Waals surface area (Å²) in [5, 5.41) is 13.1. The number of piperidine rings is 1. The average Bonchev–Trinajstić information content (AvgIpc) is 2.65. The Balaban J connectivity index is 2.39. The molecule has 7 heteroatoms. The summed E-state index contributed by atoms with van der Waals surface area (Å²) in [6.45, 7) is 5.96. The lowest BCUT2D eigenvalue weighted by Gasteiger charge is -2.38. The maximum atomic E-state index is 13.5. The Bertz CT molecular complexity index is 705. The number of nitrogens with zero attached hydrogens (tertiary/aromatic N) is 1. The third-order valence-corrected chi connectivity index (χ3v) is 5.43. The van der Waals surface area contributed by atoms with Crippen LogP contribution in [0.25, 0.3) is 0 Å². The Morgan fingerprint density at radius 1 is 1.21 bits per heavy atom. The van der Waals surface area contributed by atoms with Crippen LogP contribution in [0.5, 0.6) is 0 Å². The number of hydrogen-bond donors (Lipinski definition) is 2. The van der Waals surface area contributed by atoms with E-state index in [-0.39, 0.29) is 17.9 Å². The van der Waals surface area contributed by atoms with Crippen LogP contribution >= 0.6 is 11.6 Å². The fourth-order valence-corrected chi connectivity index (χ4v) is 3.92. The third-order valence-electron chi connectivity index (χ3n) is 5.17. The number of halogens is 1. The molecule has 0 unspecified atom stereocenters. The van der Waals surface area contributed by atoms with Gasteiger partial charge in [-0.3, -0.25) is 14.4 Å². The maximum absolute atomic E-state index is 13.5. The zero-order valence-electron chi connectivity index (χ0n) is 16.7. The van der Waals surface area contributed by atoms with Crippen molar-refractivity contribution in [3.8, 4) is 0 Å². The predicted molar refractivity (Wildman–Crippen MR) is 108 cm³/mol. The minimum Gasteiger partial charge on any atom is -0.481 e. The first kappa shape index (κ1) is 22.2. The van der Waals surface area contributed by atoms with Crippen molar-refractivity contribution in [1.82, 2.24) is 10.2 Å². The lowest BCUT2D eigenvalue weighted by molar-refractivity contribution is -0.150. The van der Waals surface area contributed by atoms with Crippen LogP contribution in [-0.4, -0.2) is 46.4 Å². The first-order valence-corrected chi connectivity index (χ1v) is 10.2. The van der Waals surface area contributed by atoms with E-state index in [1.165, 1.54) is 0 Å². The van der Waals surface area contributed by atoms with Gasteiger partial charge in [-0.2, -0.15) is 0 Å². The zero-order valence-corrected chi connectivity index (χ0v) is 17.4. The Morgan fingerprint density at radius 3 is 2.39 bits per heavy atom. The van der Waals surface area contributed by atoms with Gasteiger partial charge < -0.3 is 15.3 Å². The van der Waals surface area contributed by atoms with Crippen LogP contribution in [0.2, 0.25) is 5.02 Å². The Hall–Kier alpha value is -2.08. The summed E-state index contributed by atoms with van der Waals surface area (Å²) >= 11 is 5.97. The molecule has 1 aromatic carbocycles. The van der Waals surface area contributed by atoms with Gasteiger partial charge in [0, 0.05) is 17.6 Å². The summed E-state index contributed by atoms with van der Waals surface area (Å²) < 4.78 is 0. The number of carboxylic acids is 1. The maximum Gasteiger partial charge on any atom is 0.307 e. The second kappa shape index (κ2) is 9.92. The lowest BCUT2D eigenvalue weighted by atomic mass is 9.82. The highest BCUT2D eigenvalue weighted by Crippen LogP contribution is 2.33. The molecule has 0 aliphatic carbocycles. The van der Waals surface area contributed by atoms with E-state index < -0.39 is 23.8 Å². The molecule has 1 aromatic rings. The van der Waals surface area contributed by atoms with E-state index >= 15 is 0 Å². The molecular formula is C21H29ClN2O4. The summed E-state index contributed by atoms with van der Waals surface area (Å²) in [5.41, 5.74) is 0.609. The molecule has 1 aliphatic rings. The van der Waals surface area contributed by atoms with Crippen LogP contribution in [0.3, 0.4) is 0 Å². The first-order chi connectivity index (χ1) is 13.3. The summed E-state index contributed by atoms with van der Waals surface area (Å²) in [6, 6.07) is 6.12. The van der Waals surface area contributed by atoms with E-state index in [1.807, 2.05) is 13.8 Å². The number of rotatable bonds is 7. The molecule has 2 N–H and O–H groups in total. The van der Waals surface area contributed by atoms with Gasteiger partial charge in [0.2, 0.25) is 11.8 Å². The first-order valence-electron chi connectivity index (χ1n) is 9.85. The molecule has 0 aromatic heterocycles. The molecule has 154 valence electrons. The molecule has 6 nitrogen and oxygen atoms in total. The van der Waals surface area contributed by atoms with E-state index in [2.05, 4.69) is 5.32 Å². The summed E-state index contributed by atoms with van der Waals surface area (Å²) in [5.74, 6) is -3.23. The van der Waals surface area contributed by atoms with Crippen molar-refractivity contribution in [2.45, 2.75) is 64.5 Å². The molecule has 0 saturated carbocycles. The SMILES string of the molecule is CC[C@H](C(=O)O)[C@H](C(=O)N1CCCC[C@H]1C(=O)NC(C)C)c1ccc(Cl)cc1. The molecule has 28 heavy (non-hydrogen) atoms. The number of carboxylic acid groups (broad SMARTS) is 1. The Labute approximate surface area is 171 Å². The average molecular weight is 409 g/mol. The summed E-state index contributed by atoms with van der Waals surface area (Å²) in [6.07, 6.45) is 2.56. The van der Waals surface area contributed by atoms with Crippen molar-refractivity contribution in [1.29, 1.82) is 0 Å². The van der Waals surface area contributed by atoms with E-state index in [4.69, 9.17) is 11.6 Å². The van der Waals surface area contributed by atoms with Crippen molar-refractivity contribution >= 4 is 29.4 Å². The lowest BCUT2D eigenvalue weighted by Crippen LogP contribution is -2.55. The molecule has 0 bridgehead atoms. The van der Waals surface area contributed by atoms with Crippen LogP contribution in [0, 0.1) is 5.92 Å². The van der Waals surface area contributed by atoms with Crippen LogP contribution in [0.1, 0.15) is 57.9 Å². The summed E-state index contributed by atoms with van der Waals surface area (Å²) in [7, 11) is 0. The molecule has 3 atom stereocenters. The Morgan fingerprint density at radius 2 is 1.86 bits per heavy atom. The molecule has 1 heterocycles. The highest BCUT2D eigenvalue weighted by Gasteiger charge is 2.41. The van der Waals surface area contributed by atoms with Crippen LogP contribution in [-0.2, 0) is 14.4 Å². The minimum atomic E-state index is -1.02. The van der Waals surface area contributed by atoms with Gasteiger partial charge in [0.25, 0.3) is 0 Å². The highest BCUT2D eigenvalue weighted by molar-refractivity contribution is 6.30. The van der Waals surface area contributed by atoms with Gasteiger partial charge in [-0.1, -0.05) is 30.7 Å². The van der Waals surface area contributed by atoms with Crippen molar-refractivity contribution in [2.75, 3.05) is 6.54 Å². The van der Waals surface area contributed by atoms with E-state index in [9.17, 15) is 19.5 Å². The fraction of sp³-hybridized carbons (Fsp3) is 0.571. The highest BCUT2D eigenvalue weighted by atomic mass is 35.5. The smallest absolute Gasteiger partial charge is 0.307 e. The van der Waals surface area contributed by atoms with Gasteiger partial charge in [0.1, 0.15) is 6.04 Å². The van der Waals surface area contributed by atoms with E-state index in [0.717, 1.165) is 12.8 Å². The Kier molecular flexibility index (Phi) is 7.87. The molecule has 2 rings (SSSR count). The normalized spacial score (nSPS) is 19.2. The van der Waals surface area contributed by atoms with E-state index in [0.29, 0.717) is 30.0 Å². The second-order valence-corrected chi connectivity index (χ2v) is 8.03. The molecular weight excluding hydrogens is 380 g/mol. The molecule has 0 spiro atoms. The number of carbonyl (C=O) groups is 3. The molecule has 1 saturated heterocycles. The summed E-state index contributed by atoms with van der Waals surface area (Å²) in [4.78, 5) is 39.7. The van der Waals surface area contributed by atoms with Crippen LogP contribution in [0.4, 0.5) is 0 Å². The largest absolute Gasteiger partial charge is 0.481 e. The predicted octanol–water partition coefficient (Wildman–Crippen LogP) is 3.44. The zero-order chi connectivity index (χ0) is 20.8. The number of carbonyl (C=O) groups excluding carboxylic acids is 2. The number of aliphatic carboxylic acids is 1. The van der Waals surface area contributed by atoms with Crippen molar-refractivity contribution in [3.63, 3.8) is 0 Å². The van der Waals surface area contributed by atoms with Crippen molar-refractivity contribution < 1.29 is 19.5 Å². The third kappa shape index (κ3) is 5.25. The van der Waals surface area contributed by atoms with Gasteiger partial charge in [-0.15, -0.1) is 0 Å².